The Morgan fingerprint density at radius 3 is 2.38 bits per heavy atom. The van der Waals surface area contributed by atoms with Crippen molar-refractivity contribution in [2.45, 2.75) is 27.7 Å². The summed E-state index contributed by atoms with van der Waals surface area (Å²) >= 11 is 0. The van der Waals surface area contributed by atoms with Crippen LogP contribution in [0.25, 0.3) is 22.2 Å². The van der Waals surface area contributed by atoms with E-state index in [0.29, 0.717) is 0 Å². The molecule has 0 bridgehead atoms. The summed E-state index contributed by atoms with van der Waals surface area (Å²) in [6, 6.07) is 19.7. The molecular weight excluding hydrogens is 502 g/mol. The van der Waals surface area contributed by atoms with Gasteiger partial charge in [-0.3, -0.25) is 9.78 Å². The molecule has 26 heavy (non-hydrogen) atoms. The number of allylic oxidation sites excluding steroid dienone is 2. The molecular formula is C22H22IrNO2-. The zero-order valence-corrected chi connectivity index (χ0v) is 17.7. The molecule has 3 aromatic rings. The summed E-state index contributed by atoms with van der Waals surface area (Å²) in [6.45, 7) is 7.08. The third-order valence-corrected chi connectivity index (χ3v) is 3.52. The summed E-state index contributed by atoms with van der Waals surface area (Å²) in [5.41, 5.74) is 5.60. The number of aliphatic hydroxyl groups is 1. The number of aromatic nitrogens is 1. The second-order valence-corrected chi connectivity index (χ2v) is 6.02. The molecule has 0 atom stereocenters. The molecule has 3 rings (SSSR count). The van der Waals surface area contributed by atoms with Crippen molar-refractivity contribution in [2.24, 2.45) is 0 Å². The zero-order chi connectivity index (χ0) is 18.4. The summed E-state index contributed by atoms with van der Waals surface area (Å²) in [6.07, 6.45) is 1.17. The number of carbonyl (C=O) groups is 1. The Morgan fingerprint density at radius 2 is 1.85 bits per heavy atom. The Morgan fingerprint density at radius 1 is 1.12 bits per heavy atom. The summed E-state index contributed by atoms with van der Waals surface area (Å²) < 4.78 is 0. The fraction of sp³-hybridized carbons (Fsp3) is 0.182. The van der Waals surface area contributed by atoms with Crippen LogP contribution >= 0.6 is 0 Å². The number of pyridine rings is 1. The van der Waals surface area contributed by atoms with Crippen LogP contribution in [0.2, 0.25) is 0 Å². The average molecular weight is 525 g/mol. The molecule has 0 amide bonds. The minimum Gasteiger partial charge on any atom is -0.512 e. The number of fused-ring (bicyclic) bond motifs is 1. The fourth-order valence-electron chi connectivity index (χ4n) is 2.60. The molecule has 4 heteroatoms. The van der Waals surface area contributed by atoms with Gasteiger partial charge >= 0.3 is 0 Å². The van der Waals surface area contributed by atoms with Crippen molar-refractivity contribution in [1.29, 1.82) is 0 Å². The second-order valence-electron chi connectivity index (χ2n) is 6.02. The van der Waals surface area contributed by atoms with Gasteiger partial charge in [0.05, 0.1) is 11.3 Å². The van der Waals surface area contributed by atoms with Crippen LogP contribution in [0.15, 0.2) is 60.4 Å². The first-order valence-corrected chi connectivity index (χ1v) is 8.10. The maximum absolute atomic E-state index is 10.0. The van der Waals surface area contributed by atoms with Crippen LogP contribution in [0.5, 0.6) is 0 Å². The standard InChI is InChI=1S/C17H14N.C5H8O2.Ir/c1-12-10-13(2)17-15(11-12)8-9-16(18-17)14-6-4-3-5-7-14;1-4(6)3-5(2)7;/h3-6,8-11H,1-2H3;3,6H,1-2H3;/q-1;;/b;4-3-;. The number of ketones is 1. The Labute approximate surface area is 168 Å². The largest absolute Gasteiger partial charge is 0.512 e. The third kappa shape index (κ3) is 6.21. The van der Waals surface area contributed by atoms with Gasteiger partial charge in [0.2, 0.25) is 0 Å². The van der Waals surface area contributed by atoms with Crippen LogP contribution in [0.1, 0.15) is 25.0 Å². The van der Waals surface area contributed by atoms with Crippen molar-refractivity contribution in [3.05, 3.63) is 77.6 Å². The van der Waals surface area contributed by atoms with Crippen LogP contribution in [0.4, 0.5) is 0 Å². The molecule has 0 spiro atoms. The Hall–Kier alpha value is -2.29. The fourth-order valence-corrected chi connectivity index (χ4v) is 2.60. The monoisotopic (exact) mass is 525 g/mol. The van der Waals surface area contributed by atoms with Gasteiger partial charge in [-0.05, 0) is 50.4 Å². The Kier molecular flexibility index (Phi) is 8.37. The first-order valence-electron chi connectivity index (χ1n) is 8.10. The van der Waals surface area contributed by atoms with Crippen LogP contribution in [0.3, 0.4) is 0 Å². The molecule has 1 N–H and O–H groups in total. The molecule has 137 valence electrons. The quantitative estimate of drug-likeness (QED) is 0.279. The molecule has 2 aromatic carbocycles. The van der Waals surface area contributed by atoms with E-state index in [2.05, 4.69) is 44.2 Å². The second kappa shape index (κ2) is 10.0. The van der Waals surface area contributed by atoms with Crippen molar-refractivity contribution in [3.8, 4) is 11.3 Å². The van der Waals surface area contributed by atoms with E-state index >= 15 is 0 Å². The molecule has 0 saturated carbocycles. The SMILES string of the molecule is CC(=O)/C=C(/C)O.Cc1cc(C)c2nc(-c3[c-]cccc3)ccc2c1.[Ir]. The van der Waals surface area contributed by atoms with Gasteiger partial charge in [0.15, 0.2) is 5.78 Å². The normalized spacial score (nSPS) is 10.5. The van der Waals surface area contributed by atoms with Gasteiger partial charge in [0.25, 0.3) is 0 Å². The van der Waals surface area contributed by atoms with Gasteiger partial charge in [0, 0.05) is 26.2 Å². The Balaban J connectivity index is 0.000000366. The Bertz CT molecular complexity index is 914. The molecule has 0 aliphatic heterocycles. The maximum atomic E-state index is 10.0. The van der Waals surface area contributed by atoms with Gasteiger partial charge < -0.3 is 5.11 Å². The number of benzene rings is 2. The molecule has 1 aromatic heterocycles. The number of rotatable bonds is 2. The van der Waals surface area contributed by atoms with E-state index in [0.717, 1.165) is 16.8 Å². The van der Waals surface area contributed by atoms with E-state index < -0.39 is 0 Å². The van der Waals surface area contributed by atoms with Gasteiger partial charge in [-0.1, -0.05) is 23.8 Å². The van der Waals surface area contributed by atoms with Crippen LogP contribution in [-0.4, -0.2) is 15.9 Å². The van der Waals surface area contributed by atoms with Gasteiger partial charge in [-0.2, -0.15) is 0 Å². The van der Waals surface area contributed by atoms with E-state index in [9.17, 15) is 4.79 Å². The van der Waals surface area contributed by atoms with Crippen LogP contribution in [0, 0.1) is 19.9 Å². The average Bonchev–Trinajstić information content (AvgIpc) is 2.54. The molecule has 1 radical (unpaired) electrons. The van der Waals surface area contributed by atoms with Gasteiger partial charge in [0.1, 0.15) is 0 Å². The van der Waals surface area contributed by atoms with Crippen molar-refractivity contribution in [3.63, 3.8) is 0 Å². The van der Waals surface area contributed by atoms with Crippen molar-refractivity contribution >= 4 is 16.7 Å². The van der Waals surface area contributed by atoms with Crippen molar-refractivity contribution in [2.75, 3.05) is 0 Å². The molecule has 0 aliphatic carbocycles. The number of aryl methyl sites for hydroxylation is 2. The minimum atomic E-state index is -0.125. The molecule has 0 aliphatic rings. The van der Waals surface area contributed by atoms with E-state index in [1.165, 1.54) is 36.4 Å². The number of aliphatic hydroxyl groups excluding tert-OH is 1. The number of hydrogen-bond acceptors (Lipinski definition) is 3. The van der Waals surface area contributed by atoms with Crippen molar-refractivity contribution in [1.82, 2.24) is 4.98 Å². The van der Waals surface area contributed by atoms with Gasteiger partial charge in [-0.25, -0.2) is 0 Å². The predicted octanol–water partition coefficient (Wildman–Crippen LogP) is 5.35. The summed E-state index contributed by atoms with van der Waals surface area (Å²) in [7, 11) is 0. The maximum Gasteiger partial charge on any atom is 0.155 e. The molecule has 0 unspecified atom stereocenters. The minimum absolute atomic E-state index is 0. The summed E-state index contributed by atoms with van der Waals surface area (Å²) in [5, 5.41) is 9.56. The number of carbonyl (C=O) groups excluding carboxylic acids is 1. The molecule has 0 saturated heterocycles. The molecule has 3 nitrogen and oxygen atoms in total. The molecule has 0 fully saturated rings. The van der Waals surface area contributed by atoms with Gasteiger partial charge in [-0.15, -0.1) is 35.9 Å². The van der Waals surface area contributed by atoms with E-state index in [1.807, 2.05) is 24.3 Å². The summed E-state index contributed by atoms with van der Waals surface area (Å²) in [4.78, 5) is 14.8. The number of nitrogens with zero attached hydrogens (tertiary/aromatic N) is 1. The van der Waals surface area contributed by atoms with Crippen molar-refractivity contribution < 1.29 is 30.0 Å². The first kappa shape index (κ1) is 21.8. The topological polar surface area (TPSA) is 50.2 Å². The molecule has 1 heterocycles. The smallest absolute Gasteiger partial charge is 0.155 e. The van der Waals surface area contributed by atoms with E-state index in [1.54, 1.807) is 0 Å². The predicted molar refractivity (Wildman–Crippen MR) is 103 cm³/mol. The zero-order valence-electron chi connectivity index (χ0n) is 15.3. The van der Waals surface area contributed by atoms with Crippen LogP contribution in [-0.2, 0) is 24.9 Å². The summed E-state index contributed by atoms with van der Waals surface area (Å²) in [5.74, 6) is -0.0625. The first-order chi connectivity index (χ1) is 11.9. The van der Waals surface area contributed by atoms with E-state index in [-0.39, 0.29) is 31.6 Å². The third-order valence-electron chi connectivity index (χ3n) is 3.52. The van der Waals surface area contributed by atoms with E-state index in [4.69, 9.17) is 10.1 Å². The van der Waals surface area contributed by atoms with Crippen LogP contribution < -0.4 is 0 Å². The number of hydrogen-bond donors (Lipinski definition) is 1.